The number of carbonyl (C=O) groups excluding carboxylic acids is 2. The number of carbonyl (C=O) groups is 2. The minimum atomic E-state index is -0.967. The molecule has 1 aromatic heterocycles. The summed E-state index contributed by atoms with van der Waals surface area (Å²) in [5, 5.41) is 21.9. The molecule has 32 heavy (non-hydrogen) atoms. The molecule has 7 nitrogen and oxygen atoms in total. The molecule has 0 bridgehead atoms. The number of ether oxygens (including phenoxy) is 1. The number of aromatic hydroxyl groups is 1. The monoisotopic (exact) mass is 470 g/mol. The molecule has 1 fully saturated rings. The van der Waals surface area contributed by atoms with Crippen LogP contribution in [0.1, 0.15) is 27.7 Å². The number of aromatic nitrogens is 1. The lowest BCUT2D eigenvalue weighted by molar-refractivity contribution is -0.132. The second kappa shape index (κ2) is 8.29. The van der Waals surface area contributed by atoms with Crippen LogP contribution in [0.5, 0.6) is 11.5 Å². The molecule has 1 saturated heterocycles. The Morgan fingerprint density at radius 1 is 1.16 bits per heavy atom. The first-order valence-corrected chi connectivity index (χ1v) is 10.8. The zero-order valence-corrected chi connectivity index (χ0v) is 19.0. The molecule has 0 saturated carbocycles. The van der Waals surface area contributed by atoms with Gasteiger partial charge in [0.05, 0.1) is 24.4 Å². The fourth-order valence-corrected chi connectivity index (χ4v) is 4.59. The number of nitrogens with zero attached hydrogens (tertiary/aromatic N) is 2. The van der Waals surface area contributed by atoms with Crippen molar-refractivity contribution in [3.63, 3.8) is 0 Å². The predicted octanol–water partition coefficient (Wildman–Crippen LogP) is 4.75. The van der Waals surface area contributed by atoms with Crippen molar-refractivity contribution in [2.75, 3.05) is 12.0 Å². The number of ketones is 1. The number of hydrogen-bond acceptors (Lipinski definition) is 7. The summed E-state index contributed by atoms with van der Waals surface area (Å²) in [6.07, 6.45) is 0. The number of benzene rings is 2. The van der Waals surface area contributed by atoms with E-state index in [9.17, 15) is 19.8 Å². The second-order valence-electron chi connectivity index (χ2n) is 7.25. The first-order valence-electron chi connectivity index (χ1n) is 9.60. The normalized spacial score (nSPS) is 17.8. The zero-order chi connectivity index (χ0) is 23.2. The van der Waals surface area contributed by atoms with Gasteiger partial charge >= 0.3 is 5.91 Å². The van der Waals surface area contributed by atoms with Gasteiger partial charge in [0, 0.05) is 15.5 Å². The highest BCUT2D eigenvalue weighted by Crippen LogP contribution is 2.45. The SMILES string of the molecule is COc1cc([C@H]2/C(=C(\O)c3ccc(Cl)cc3)C(=O)C(=O)N2c2nc(C)c(C)s2)ccc1O. The summed E-state index contributed by atoms with van der Waals surface area (Å²) in [5.74, 6) is -1.88. The number of phenolic OH excluding ortho intramolecular Hbond substituents is 1. The number of aryl methyl sites for hydroxylation is 2. The van der Waals surface area contributed by atoms with Crippen LogP contribution in [0, 0.1) is 13.8 Å². The molecule has 9 heteroatoms. The maximum Gasteiger partial charge on any atom is 0.301 e. The Labute approximate surface area is 193 Å². The van der Waals surface area contributed by atoms with Gasteiger partial charge in [-0.2, -0.15) is 0 Å². The Bertz CT molecular complexity index is 1250. The van der Waals surface area contributed by atoms with E-state index in [2.05, 4.69) is 4.98 Å². The number of Topliss-reactive ketones (excluding diaryl/α,β-unsaturated/α-hetero) is 1. The van der Waals surface area contributed by atoms with Gasteiger partial charge in [-0.25, -0.2) is 4.98 Å². The van der Waals surface area contributed by atoms with E-state index in [1.807, 2.05) is 13.8 Å². The molecule has 0 radical (unpaired) electrons. The second-order valence-corrected chi connectivity index (χ2v) is 8.86. The average Bonchev–Trinajstić information content (AvgIpc) is 3.24. The van der Waals surface area contributed by atoms with Gasteiger partial charge in [-0.1, -0.05) is 17.7 Å². The molecular weight excluding hydrogens is 452 g/mol. The van der Waals surface area contributed by atoms with Crippen molar-refractivity contribution in [3.8, 4) is 11.5 Å². The standard InChI is InChI=1S/C23H19ClN2O5S/c1-11-12(2)32-23(25-11)26-19(14-6-9-16(27)17(10-14)31-3)18(21(29)22(26)30)20(28)13-4-7-15(24)8-5-13/h4-10,19,27-28H,1-3H3/b20-18+/t19-/m0/s1. The van der Waals surface area contributed by atoms with E-state index in [-0.39, 0.29) is 22.8 Å². The van der Waals surface area contributed by atoms with Gasteiger partial charge in [-0.05, 0) is 55.8 Å². The number of aliphatic hydroxyl groups excluding tert-OH is 1. The molecule has 1 aliphatic rings. The van der Waals surface area contributed by atoms with E-state index >= 15 is 0 Å². The molecule has 3 aromatic rings. The van der Waals surface area contributed by atoms with Crippen LogP contribution in [0.25, 0.3) is 5.76 Å². The number of amides is 1. The molecule has 2 N–H and O–H groups in total. The van der Waals surface area contributed by atoms with E-state index in [4.69, 9.17) is 16.3 Å². The van der Waals surface area contributed by atoms with Gasteiger partial charge in [0.2, 0.25) is 0 Å². The Morgan fingerprint density at radius 2 is 1.84 bits per heavy atom. The van der Waals surface area contributed by atoms with Crippen LogP contribution in [-0.4, -0.2) is 34.0 Å². The van der Waals surface area contributed by atoms with Crippen LogP contribution in [-0.2, 0) is 9.59 Å². The largest absolute Gasteiger partial charge is 0.507 e. The third-order valence-corrected chi connectivity index (χ3v) is 6.63. The first-order chi connectivity index (χ1) is 15.2. The predicted molar refractivity (Wildman–Crippen MR) is 122 cm³/mol. The highest BCUT2D eigenvalue weighted by atomic mass is 35.5. The number of phenols is 1. The van der Waals surface area contributed by atoms with Crippen LogP contribution < -0.4 is 9.64 Å². The average molecular weight is 471 g/mol. The molecule has 1 atom stereocenters. The number of aliphatic hydroxyl groups is 1. The lowest BCUT2D eigenvalue weighted by Gasteiger charge is -2.23. The minimum Gasteiger partial charge on any atom is -0.507 e. The van der Waals surface area contributed by atoms with Crippen molar-refractivity contribution in [2.24, 2.45) is 0 Å². The number of halogens is 1. The van der Waals surface area contributed by atoms with Crippen molar-refractivity contribution in [1.29, 1.82) is 0 Å². The highest BCUT2D eigenvalue weighted by Gasteiger charge is 2.48. The van der Waals surface area contributed by atoms with E-state index in [0.29, 0.717) is 21.3 Å². The molecule has 1 aliphatic heterocycles. The third kappa shape index (κ3) is 3.61. The van der Waals surface area contributed by atoms with Gasteiger partial charge < -0.3 is 14.9 Å². The summed E-state index contributed by atoms with van der Waals surface area (Å²) in [6, 6.07) is 9.84. The Balaban J connectivity index is 1.97. The molecule has 0 spiro atoms. The Hall–Kier alpha value is -3.36. The summed E-state index contributed by atoms with van der Waals surface area (Å²) in [4.78, 5) is 32.9. The summed E-state index contributed by atoms with van der Waals surface area (Å²) < 4.78 is 5.21. The van der Waals surface area contributed by atoms with Gasteiger partial charge in [0.15, 0.2) is 16.6 Å². The number of anilines is 1. The summed E-state index contributed by atoms with van der Waals surface area (Å²) in [5.41, 5.74) is 1.47. The van der Waals surface area contributed by atoms with Crippen molar-refractivity contribution < 1.29 is 24.5 Å². The van der Waals surface area contributed by atoms with Crippen molar-refractivity contribution in [3.05, 3.63) is 74.8 Å². The van der Waals surface area contributed by atoms with Crippen LogP contribution in [0.3, 0.4) is 0 Å². The van der Waals surface area contributed by atoms with Gasteiger partial charge in [-0.15, -0.1) is 11.3 Å². The number of methoxy groups -OCH3 is 1. The van der Waals surface area contributed by atoms with E-state index in [1.165, 1.54) is 35.5 Å². The zero-order valence-electron chi connectivity index (χ0n) is 17.4. The topological polar surface area (TPSA) is 100.0 Å². The third-order valence-electron chi connectivity index (χ3n) is 5.30. The van der Waals surface area contributed by atoms with Crippen molar-refractivity contribution >= 4 is 45.5 Å². The minimum absolute atomic E-state index is 0.0874. The molecule has 2 heterocycles. The van der Waals surface area contributed by atoms with E-state index in [1.54, 1.807) is 30.3 Å². The smallest absolute Gasteiger partial charge is 0.301 e. The van der Waals surface area contributed by atoms with Crippen LogP contribution >= 0.6 is 22.9 Å². The summed E-state index contributed by atoms with van der Waals surface area (Å²) in [6.45, 7) is 3.69. The van der Waals surface area contributed by atoms with Gasteiger partial charge in [0.1, 0.15) is 5.76 Å². The molecule has 2 aromatic carbocycles. The summed E-state index contributed by atoms with van der Waals surface area (Å²) in [7, 11) is 1.40. The number of hydrogen-bond donors (Lipinski definition) is 2. The first kappa shape index (κ1) is 21.9. The van der Waals surface area contributed by atoms with Gasteiger partial charge in [0.25, 0.3) is 5.78 Å². The summed E-state index contributed by atoms with van der Waals surface area (Å²) >= 11 is 7.23. The van der Waals surface area contributed by atoms with E-state index in [0.717, 1.165) is 10.6 Å². The van der Waals surface area contributed by atoms with Crippen LogP contribution in [0.2, 0.25) is 5.02 Å². The fourth-order valence-electron chi connectivity index (χ4n) is 3.53. The maximum atomic E-state index is 13.1. The van der Waals surface area contributed by atoms with Crippen LogP contribution in [0.4, 0.5) is 5.13 Å². The van der Waals surface area contributed by atoms with E-state index < -0.39 is 17.7 Å². The molecular formula is C23H19ClN2O5S. The molecule has 4 rings (SSSR count). The quantitative estimate of drug-likeness (QED) is 0.324. The van der Waals surface area contributed by atoms with Crippen molar-refractivity contribution in [1.82, 2.24) is 4.98 Å². The molecule has 0 aliphatic carbocycles. The molecule has 1 amide bonds. The van der Waals surface area contributed by atoms with Crippen molar-refractivity contribution in [2.45, 2.75) is 19.9 Å². The highest BCUT2D eigenvalue weighted by molar-refractivity contribution is 7.16. The number of rotatable bonds is 4. The lowest BCUT2D eigenvalue weighted by atomic mass is 9.95. The Morgan fingerprint density at radius 3 is 2.44 bits per heavy atom. The Kier molecular flexibility index (Phi) is 5.66. The maximum absolute atomic E-state index is 13.1. The number of thiazole rings is 1. The fraction of sp³-hybridized carbons (Fsp3) is 0.174. The van der Waals surface area contributed by atoms with Gasteiger partial charge in [-0.3, -0.25) is 14.5 Å². The molecule has 164 valence electrons. The molecule has 0 unspecified atom stereocenters. The lowest BCUT2D eigenvalue weighted by Crippen LogP contribution is -2.29. The van der Waals surface area contributed by atoms with Crippen LogP contribution in [0.15, 0.2) is 48.0 Å².